The molecule has 0 aliphatic carbocycles. The molecule has 1 saturated heterocycles. The summed E-state index contributed by atoms with van der Waals surface area (Å²) >= 11 is 0. The van der Waals surface area contributed by atoms with Crippen LogP contribution in [0, 0.1) is 0 Å². The summed E-state index contributed by atoms with van der Waals surface area (Å²) in [6.07, 6.45) is -23.0. The average molecular weight is 671 g/mol. The molecule has 0 saturated carbocycles. The molecule has 0 aromatic heterocycles. The van der Waals surface area contributed by atoms with Crippen molar-refractivity contribution in [2.45, 2.75) is 60.7 Å². The molecule has 4 unspecified atom stereocenters. The lowest BCUT2D eigenvalue weighted by Gasteiger charge is -2.43. The standard InChI is InChI=1S/C12H8F18N2O.C7H18NO/c1-31-7(19,4(13,14)9(21,22)23)8(20,5(15,16)10(24,25)26)32(2-3-33)12(31,30)6(17,18)11(27,28)29;1-5-8(2,3)6-7-9-4/h33H,2-3H2,1H3;5-7H2,1-4H3/q;+1/p+1. The molecule has 4 atom stereocenters. The lowest BCUT2D eigenvalue weighted by Crippen LogP contribution is -3.29. The molecule has 42 heavy (non-hydrogen) atoms. The minimum atomic E-state index is -7.99. The van der Waals surface area contributed by atoms with Gasteiger partial charge in [0, 0.05) is 7.11 Å². The Morgan fingerprint density at radius 2 is 1.12 bits per heavy atom. The van der Waals surface area contributed by atoms with Crippen LogP contribution in [0.15, 0.2) is 0 Å². The van der Waals surface area contributed by atoms with Gasteiger partial charge in [0.1, 0.15) is 13.1 Å². The monoisotopic (exact) mass is 671 g/mol. The zero-order valence-corrected chi connectivity index (χ0v) is 22.1. The lowest BCUT2D eigenvalue weighted by atomic mass is 9.88. The first-order chi connectivity index (χ1) is 18.2. The summed E-state index contributed by atoms with van der Waals surface area (Å²) < 4.78 is 249. The fourth-order valence-electron chi connectivity index (χ4n) is 3.82. The smallest absolute Gasteiger partial charge is 0.391 e. The summed E-state index contributed by atoms with van der Waals surface area (Å²) in [4.78, 5) is -6.96. The van der Waals surface area contributed by atoms with E-state index in [2.05, 4.69) is 21.0 Å². The summed E-state index contributed by atoms with van der Waals surface area (Å²) in [5.74, 6) is -45.6. The molecule has 2 N–H and O–H groups in total. The lowest BCUT2D eigenvalue weighted by molar-refractivity contribution is -1.04. The Kier molecular flexibility index (Phi) is 11.4. The molecule has 23 heteroatoms. The first-order valence-corrected chi connectivity index (χ1v) is 11.1. The van der Waals surface area contributed by atoms with Gasteiger partial charge in [0.25, 0.3) is 0 Å². The van der Waals surface area contributed by atoms with E-state index in [4.69, 9.17) is 9.84 Å². The molecular weight excluding hydrogens is 644 g/mol. The Labute approximate surface area is 226 Å². The maximum Gasteiger partial charge on any atom is 0.465 e. The number of ether oxygens (including phenoxy) is 1. The fourth-order valence-corrected chi connectivity index (χ4v) is 3.82. The van der Waals surface area contributed by atoms with Crippen molar-refractivity contribution < 1.29 is 98.3 Å². The van der Waals surface area contributed by atoms with Crippen LogP contribution in [0.5, 0.6) is 0 Å². The highest BCUT2D eigenvalue weighted by atomic mass is 19.4. The number of quaternary nitrogens is 2. The molecule has 0 aromatic rings. The normalized spacial score (nSPS) is 29.0. The molecule has 0 spiro atoms. The number of nitrogens with one attached hydrogen (secondary N) is 1. The SMILES string of the molecule is CC[N+](C)(C)CCOC.CN1C(F)(C(F)(F)C(F)(F)F)[NH+](CCO)C(F)(C(F)(F)C(F)(F)F)C1(F)C(F)(F)C(F)(F)F. The number of halogens is 18. The molecule has 1 rings (SSSR count). The van der Waals surface area contributed by atoms with E-state index >= 15 is 13.2 Å². The van der Waals surface area contributed by atoms with Crippen molar-refractivity contribution in [2.24, 2.45) is 0 Å². The molecule has 5 nitrogen and oxygen atoms in total. The van der Waals surface area contributed by atoms with E-state index in [1.807, 2.05) is 0 Å². The molecule has 1 heterocycles. The highest BCUT2D eigenvalue weighted by Gasteiger charge is 3.04. The van der Waals surface area contributed by atoms with E-state index in [0.717, 1.165) is 17.6 Å². The fraction of sp³-hybridized carbons (Fsp3) is 1.00. The number of hydrogen-bond donors (Lipinski definition) is 2. The average Bonchev–Trinajstić information content (AvgIpc) is 2.95. The zero-order chi connectivity index (χ0) is 34.4. The summed E-state index contributed by atoms with van der Waals surface area (Å²) in [7, 11) is 4.90. The predicted octanol–water partition coefficient (Wildman–Crippen LogP) is 4.09. The van der Waals surface area contributed by atoms with Crippen LogP contribution in [0.3, 0.4) is 0 Å². The molecule has 0 radical (unpaired) electrons. The minimum absolute atomic E-state index is 0.862. The number of aliphatic hydroxyl groups excluding tert-OH is 1. The summed E-state index contributed by atoms with van der Waals surface area (Å²) in [5, 5.41) is 8.59. The van der Waals surface area contributed by atoms with Crippen LogP contribution in [0.1, 0.15) is 6.92 Å². The summed E-state index contributed by atoms with van der Waals surface area (Å²) in [6, 6.07) is 0. The number of likely N-dealkylation sites (N-methyl/N-ethyl adjacent to an activating group) is 2. The molecule has 1 fully saturated rings. The molecule has 1 aliphatic rings. The first kappa shape index (κ1) is 40.5. The number of rotatable bonds is 9. The highest BCUT2D eigenvalue weighted by Crippen LogP contribution is 2.63. The van der Waals surface area contributed by atoms with Crippen molar-refractivity contribution >= 4 is 0 Å². The van der Waals surface area contributed by atoms with Crippen molar-refractivity contribution in [1.29, 1.82) is 0 Å². The van der Waals surface area contributed by atoms with Crippen LogP contribution in [0.2, 0.25) is 0 Å². The molecule has 0 amide bonds. The van der Waals surface area contributed by atoms with E-state index in [1.165, 1.54) is 6.54 Å². The van der Waals surface area contributed by atoms with E-state index < -0.39 is 83.8 Å². The third-order valence-corrected chi connectivity index (χ3v) is 6.65. The first-order valence-electron chi connectivity index (χ1n) is 11.1. The second-order valence-corrected chi connectivity index (χ2v) is 9.60. The van der Waals surface area contributed by atoms with E-state index in [9.17, 15) is 65.9 Å². The largest absolute Gasteiger partial charge is 0.465 e. The number of methoxy groups -OCH3 is 1. The van der Waals surface area contributed by atoms with Gasteiger partial charge in [-0.1, -0.05) is 0 Å². The van der Waals surface area contributed by atoms with Crippen LogP contribution >= 0.6 is 0 Å². The number of alkyl halides is 18. The second kappa shape index (κ2) is 11.8. The maximum absolute atomic E-state index is 15.2. The topological polar surface area (TPSA) is 37.1 Å². The van der Waals surface area contributed by atoms with Gasteiger partial charge < -0.3 is 14.3 Å². The van der Waals surface area contributed by atoms with Crippen LogP contribution in [-0.2, 0) is 4.74 Å². The summed E-state index contributed by atoms with van der Waals surface area (Å²) in [6.45, 7) is 0.0389. The molecule has 0 aromatic carbocycles. The van der Waals surface area contributed by atoms with Crippen molar-refractivity contribution in [3.05, 3.63) is 0 Å². The molecule has 254 valence electrons. The van der Waals surface area contributed by atoms with Crippen molar-refractivity contribution in [3.8, 4) is 0 Å². The third-order valence-electron chi connectivity index (χ3n) is 6.65. The Morgan fingerprint density at radius 1 is 0.738 bits per heavy atom. The van der Waals surface area contributed by atoms with Gasteiger partial charge in [0.2, 0.25) is 0 Å². The molecule has 0 bridgehead atoms. The minimum Gasteiger partial charge on any atom is -0.391 e. The molecule has 1 aliphatic heterocycles. The Bertz CT molecular complexity index is 908. The Hall–Kier alpha value is -1.46. The van der Waals surface area contributed by atoms with E-state index in [1.54, 1.807) is 7.11 Å². The van der Waals surface area contributed by atoms with Crippen LogP contribution < -0.4 is 4.90 Å². The predicted molar refractivity (Wildman–Crippen MR) is 105 cm³/mol. The van der Waals surface area contributed by atoms with Gasteiger partial charge in [0.15, 0.2) is 0 Å². The van der Waals surface area contributed by atoms with Gasteiger partial charge in [-0.3, -0.25) is 0 Å². The van der Waals surface area contributed by atoms with Crippen molar-refractivity contribution in [1.82, 2.24) is 4.90 Å². The van der Waals surface area contributed by atoms with E-state index in [0.29, 0.717) is 0 Å². The summed E-state index contributed by atoms with van der Waals surface area (Å²) in [5.41, 5.74) is 0. The Balaban J connectivity index is 0.00000160. The maximum atomic E-state index is 15.2. The number of aliphatic hydroxyl groups is 1. The van der Waals surface area contributed by atoms with Gasteiger partial charge in [0.05, 0.1) is 33.9 Å². The zero-order valence-electron chi connectivity index (χ0n) is 22.1. The van der Waals surface area contributed by atoms with Gasteiger partial charge in [-0.15, -0.1) is 0 Å². The highest BCUT2D eigenvalue weighted by molar-refractivity contribution is 5.18. The van der Waals surface area contributed by atoms with Crippen LogP contribution in [-0.4, -0.2) is 129 Å². The van der Waals surface area contributed by atoms with Crippen molar-refractivity contribution in [2.75, 3.05) is 61.1 Å². The van der Waals surface area contributed by atoms with Crippen molar-refractivity contribution in [3.63, 3.8) is 0 Å². The van der Waals surface area contributed by atoms with E-state index in [-0.39, 0.29) is 0 Å². The van der Waals surface area contributed by atoms with Gasteiger partial charge in [-0.25, -0.2) is 9.29 Å². The Morgan fingerprint density at radius 3 is 1.40 bits per heavy atom. The van der Waals surface area contributed by atoms with Gasteiger partial charge >= 0.3 is 53.8 Å². The van der Waals surface area contributed by atoms with Crippen LogP contribution in [0.4, 0.5) is 79.0 Å². The van der Waals surface area contributed by atoms with Crippen LogP contribution in [0.25, 0.3) is 0 Å². The second-order valence-electron chi connectivity index (χ2n) is 9.60. The quantitative estimate of drug-likeness (QED) is 0.221. The number of nitrogens with zero attached hydrogens (tertiary/aromatic N) is 2. The molecular formula is C19H27F18N3O2+2. The third kappa shape index (κ3) is 5.83. The van der Waals surface area contributed by atoms with Gasteiger partial charge in [-0.2, -0.15) is 79.5 Å². The van der Waals surface area contributed by atoms with Gasteiger partial charge in [-0.05, 0) is 14.0 Å². The number of hydrogen-bond acceptors (Lipinski definition) is 3.